The number of ether oxygens (including phenoxy) is 1. The summed E-state index contributed by atoms with van der Waals surface area (Å²) in [7, 11) is 1.97. The predicted octanol–water partition coefficient (Wildman–Crippen LogP) is 2.69. The van der Waals surface area contributed by atoms with Gasteiger partial charge < -0.3 is 14.6 Å². The second-order valence-corrected chi connectivity index (χ2v) is 6.53. The molecule has 0 aromatic carbocycles. The van der Waals surface area contributed by atoms with Gasteiger partial charge in [0.2, 0.25) is 0 Å². The molecule has 2 atom stereocenters. The first kappa shape index (κ1) is 15.2. The van der Waals surface area contributed by atoms with Gasteiger partial charge in [0.15, 0.2) is 0 Å². The van der Waals surface area contributed by atoms with Crippen LogP contribution in [0.2, 0.25) is 0 Å². The Morgan fingerprint density at radius 2 is 2.45 bits per heavy atom. The van der Waals surface area contributed by atoms with Crippen molar-refractivity contribution in [3.05, 3.63) is 40.1 Å². The molecule has 6 heteroatoms. The summed E-state index contributed by atoms with van der Waals surface area (Å²) >= 11 is 1.51. The molecule has 0 spiro atoms. The molecule has 0 aliphatic carbocycles. The number of aromatic nitrogens is 2. The molecule has 0 unspecified atom stereocenters. The van der Waals surface area contributed by atoms with Crippen LogP contribution < -0.4 is 5.32 Å². The Labute approximate surface area is 134 Å². The fourth-order valence-electron chi connectivity index (χ4n) is 2.88. The SMILES string of the molecule is CCc1ccsc1C(=O)N[C@@H]1CCO[C@@H](c2cncn2C)C1. The lowest BCUT2D eigenvalue weighted by Gasteiger charge is -2.30. The first-order valence-electron chi connectivity index (χ1n) is 7.64. The smallest absolute Gasteiger partial charge is 0.261 e. The Morgan fingerprint density at radius 3 is 3.18 bits per heavy atom. The molecule has 3 heterocycles. The maximum Gasteiger partial charge on any atom is 0.261 e. The number of rotatable bonds is 4. The minimum atomic E-state index is 0.000492. The van der Waals surface area contributed by atoms with Crippen LogP contribution in [0.3, 0.4) is 0 Å². The van der Waals surface area contributed by atoms with Crippen LogP contribution in [0.4, 0.5) is 0 Å². The average Bonchev–Trinajstić information content (AvgIpc) is 3.15. The Kier molecular flexibility index (Phi) is 4.59. The molecule has 3 rings (SSSR count). The van der Waals surface area contributed by atoms with Gasteiger partial charge in [-0.05, 0) is 36.3 Å². The van der Waals surface area contributed by atoms with E-state index in [0.717, 1.165) is 35.4 Å². The van der Waals surface area contributed by atoms with Crippen molar-refractivity contribution in [1.82, 2.24) is 14.9 Å². The highest BCUT2D eigenvalue weighted by Crippen LogP contribution is 2.28. The standard InChI is InChI=1S/C16H21N3O2S/c1-3-11-5-7-22-15(11)16(20)18-12-4-6-21-14(8-12)13-9-17-10-19(13)2/h5,7,9-10,12,14H,3-4,6,8H2,1-2H3,(H,18,20)/t12-,14-/m1/s1. The van der Waals surface area contributed by atoms with E-state index < -0.39 is 0 Å². The van der Waals surface area contributed by atoms with Gasteiger partial charge in [-0.2, -0.15) is 0 Å². The minimum Gasteiger partial charge on any atom is -0.372 e. The molecule has 118 valence electrons. The van der Waals surface area contributed by atoms with Crippen LogP contribution in [-0.2, 0) is 18.2 Å². The lowest BCUT2D eigenvalue weighted by atomic mass is 10.0. The van der Waals surface area contributed by atoms with Crippen LogP contribution in [0.5, 0.6) is 0 Å². The second-order valence-electron chi connectivity index (χ2n) is 5.61. The topological polar surface area (TPSA) is 56.1 Å². The Balaban J connectivity index is 1.65. The zero-order valence-electron chi connectivity index (χ0n) is 12.9. The summed E-state index contributed by atoms with van der Waals surface area (Å²) in [4.78, 5) is 17.4. The van der Waals surface area contributed by atoms with E-state index in [2.05, 4.69) is 17.2 Å². The quantitative estimate of drug-likeness (QED) is 0.942. The van der Waals surface area contributed by atoms with E-state index in [4.69, 9.17) is 4.74 Å². The summed E-state index contributed by atoms with van der Waals surface area (Å²) in [5.74, 6) is 0.0440. The monoisotopic (exact) mass is 319 g/mol. The molecular weight excluding hydrogens is 298 g/mol. The summed E-state index contributed by atoms with van der Waals surface area (Å²) in [5, 5.41) is 5.15. The summed E-state index contributed by atoms with van der Waals surface area (Å²) < 4.78 is 7.82. The number of amides is 1. The molecule has 2 aromatic heterocycles. The summed E-state index contributed by atoms with van der Waals surface area (Å²) in [6.07, 6.45) is 6.15. The first-order valence-corrected chi connectivity index (χ1v) is 8.52. The van der Waals surface area contributed by atoms with Crippen LogP contribution in [-0.4, -0.2) is 28.1 Å². The van der Waals surface area contributed by atoms with Crippen molar-refractivity contribution in [3.8, 4) is 0 Å². The zero-order chi connectivity index (χ0) is 15.5. The van der Waals surface area contributed by atoms with E-state index in [9.17, 15) is 4.79 Å². The maximum absolute atomic E-state index is 12.5. The first-order chi connectivity index (χ1) is 10.7. The van der Waals surface area contributed by atoms with E-state index in [-0.39, 0.29) is 18.1 Å². The van der Waals surface area contributed by atoms with Crippen molar-refractivity contribution < 1.29 is 9.53 Å². The molecule has 1 aliphatic rings. The molecule has 5 nitrogen and oxygen atoms in total. The Bertz CT molecular complexity index is 649. The number of carbonyl (C=O) groups is 1. The van der Waals surface area contributed by atoms with Gasteiger partial charge in [-0.3, -0.25) is 4.79 Å². The maximum atomic E-state index is 12.5. The third-order valence-electron chi connectivity index (χ3n) is 4.14. The van der Waals surface area contributed by atoms with Gasteiger partial charge in [0, 0.05) is 19.7 Å². The normalized spacial score (nSPS) is 21.7. The largest absolute Gasteiger partial charge is 0.372 e. The van der Waals surface area contributed by atoms with E-state index in [0.29, 0.717) is 6.61 Å². The third kappa shape index (κ3) is 3.08. The van der Waals surface area contributed by atoms with Crippen molar-refractivity contribution in [2.45, 2.75) is 38.3 Å². The molecule has 1 fully saturated rings. The van der Waals surface area contributed by atoms with Crippen molar-refractivity contribution >= 4 is 17.2 Å². The summed E-state index contributed by atoms with van der Waals surface area (Å²) in [6.45, 7) is 2.73. The highest BCUT2D eigenvalue weighted by atomic mass is 32.1. The van der Waals surface area contributed by atoms with E-state index >= 15 is 0 Å². The van der Waals surface area contributed by atoms with Crippen molar-refractivity contribution in [2.75, 3.05) is 6.61 Å². The van der Waals surface area contributed by atoms with Crippen LogP contribution in [0.15, 0.2) is 24.0 Å². The molecule has 1 aliphatic heterocycles. The van der Waals surface area contributed by atoms with Gasteiger partial charge in [-0.25, -0.2) is 4.98 Å². The van der Waals surface area contributed by atoms with Crippen molar-refractivity contribution in [3.63, 3.8) is 0 Å². The molecule has 0 saturated carbocycles. The highest BCUT2D eigenvalue weighted by molar-refractivity contribution is 7.12. The van der Waals surface area contributed by atoms with Gasteiger partial charge in [-0.1, -0.05) is 6.92 Å². The fraction of sp³-hybridized carbons (Fsp3) is 0.500. The fourth-order valence-corrected chi connectivity index (χ4v) is 3.77. The van der Waals surface area contributed by atoms with E-state index in [1.807, 2.05) is 29.3 Å². The predicted molar refractivity (Wildman–Crippen MR) is 86.1 cm³/mol. The lowest BCUT2D eigenvalue weighted by Crippen LogP contribution is -2.40. The van der Waals surface area contributed by atoms with E-state index in [1.165, 1.54) is 11.3 Å². The lowest BCUT2D eigenvalue weighted by molar-refractivity contribution is -0.00299. The number of aryl methyl sites for hydroxylation is 2. The van der Waals surface area contributed by atoms with Gasteiger partial charge in [0.25, 0.3) is 5.91 Å². The number of hydrogen-bond donors (Lipinski definition) is 1. The number of nitrogens with one attached hydrogen (secondary N) is 1. The highest BCUT2D eigenvalue weighted by Gasteiger charge is 2.27. The summed E-state index contributed by atoms with van der Waals surface area (Å²) in [5.41, 5.74) is 2.18. The molecule has 0 radical (unpaired) electrons. The number of thiophene rings is 1. The molecule has 1 N–H and O–H groups in total. The van der Waals surface area contributed by atoms with Crippen LogP contribution in [0.1, 0.15) is 46.8 Å². The molecule has 0 bridgehead atoms. The van der Waals surface area contributed by atoms with Crippen molar-refractivity contribution in [1.29, 1.82) is 0 Å². The molecule has 1 amide bonds. The molecular formula is C16H21N3O2S. The van der Waals surface area contributed by atoms with Crippen LogP contribution in [0, 0.1) is 0 Å². The number of carbonyl (C=O) groups excluding carboxylic acids is 1. The summed E-state index contributed by atoms with van der Waals surface area (Å²) in [6, 6.07) is 2.18. The Morgan fingerprint density at radius 1 is 1.59 bits per heavy atom. The third-order valence-corrected chi connectivity index (χ3v) is 5.09. The number of nitrogens with zero attached hydrogens (tertiary/aromatic N) is 2. The molecule has 22 heavy (non-hydrogen) atoms. The average molecular weight is 319 g/mol. The van der Waals surface area contributed by atoms with Gasteiger partial charge in [0.05, 0.1) is 23.1 Å². The Hall–Kier alpha value is -1.66. The van der Waals surface area contributed by atoms with Crippen molar-refractivity contribution in [2.24, 2.45) is 7.05 Å². The number of hydrogen-bond acceptors (Lipinski definition) is 4. The molecule has 1 saturated heterocycles. The van der Waals surface area contributed by atoms with Crippen LogP contribution >= 0.6 is 11.3 Å². The van der Waals surface area contributed by atoms with Gasteiger partial charge >= 0.3 is 0 Å². The van der Waals surface area contributed by atoms with Gasteiger partial charge in [-0.15, -0.1) is 11.3 Å². The number of imidazole rings is 1. The second kappa shape index (κ2) is 6.62. The van der Waals surface area contributed by atoms with Gasteiger partial charge in [0.1, 0.15) is 6.10 Å². The molecule has 2 aromatic rings. The minimum absolute atomic E-state index is 0.000492. The van der Waals surface area contributed by atoms with Crippen LogP contribution in [0.25, 0.3) is 0 Å². The zero-order valence-corrected chi connectivity index (χ0v) is 13.7. The van der Waals surface area contributed by atoms with E-state index in [1.54, 1.807) is 6.33 Å².